The van der Waals surface area contributed by atoms with Crippen LogP contribution in [0.3, 0.4) is 0 Å². The molecule has 1 aromatic rings. The Bertz CT molecular complexity index is 483. The van der Waals surface area contributed by atoms with Gasteiger partial charge in [0.1, 0.15) is 11.8 Å². The lowest BCUT2D eigenvalue weighted by Gasteiger charge is -2.21. The molecule has 0 bridgehead atoms. The molecule has 1 aromatic carbocycles. The zero-order valence-corrected chi connectivity index (χ0v) is 11.5. The number of ether oxygens (including phenoxy) is 1. The summed E-state index contributed by atoms with van der Waals surface area (Å²) >= 11 is 0. The van der Waals surface area contributed by atoms with Gasteiger partial charge in [-0.3, -0.25) is 4.79 Å². The second kappa shape index (κ2) is 6.41. The van der Waals surface area contributed by atoms with Crippen LogP contribution < -0.4 is 4.74 Å². The molecule has 2 rings (SSSR count). The predicted octanol–water partition coefficient (Wildman–Crippen LogP) is 1.70. The Morgan fingerprint density at radius 1 is 1.35 bits per heavy atom. The average Bonchev–Trinajstić information content (AvgIpc) is 2.95. The van der Waals surface area contributed by atoms with Gasteiger partial charge in [0.2, 0.25) is 5.91 Å². The van der Waals surface area contributed by atoms with E-state index in [1.165, 1.54) is 4.90 Å². The number of likely N-dealkylation sites (tertiary alicyclic amines) is 1. The molecule has 1 fully saturated rings. The fraction of sp³-hybridized carbons (Fsp3) is 0.467. The second-order valence-corrected chi connectivity index (χ2v) is 4.93. The second-order valence-electron chi connectivity index (χ2n) is 4.93. The molecular weight excluding hydrogens is 258 g/mol. The molecule has 0 radical (unpaired) electrons. The van der Waals surface area contributed by atoms with E-state index in [1.54, 1.807) is 7.11 Å². The van der Waals surface area contributed by atoms with E-state index in [1.807, 2.05) is 24.3 Å². The molecule has 1 aliphatic rings. The van der Waals surface area contributed by atoms with Crippen LogP contribution in [-0.2, 0) is 16.0 Å². The third-order valence-corrected chi connectivity index (χ3v) is 3.64. The van der Waals surface area contributed by atoms with E-state index in [0.717, 1.165) is 17.7 Å². The molecule has 1 amide bonds. The van der Waals surface area contributed by atoms with Crippen molar-refractivity contribution in [1.82, 2.24) is 4.90 Å². The fourth-order valence-electron chi connectivity index (χ4n) is 2.51. The number of benzene rings is 1. The number of methoxy groups -OCH3 is 1. The van der Waals surface area contributed by atoms with Crippen molar-refractivity contribution in [2.24, 2.45) is 0 Å². The summed E-state index contributed by atoms with van der Waals surface area (Å²) in [4.78, 5) is 24.6. The van der Waals surface area contributed by atoms with Crippen LogP contribution in [0.2, 0.25) is 0 Å². The lowest BCUT2D eigenvalue weighted by atomic mass is 10.1. The van der Waals surface area contributed by atoms with Crippen molar-refractivity contribution in [2.75, 3.05) is 13.7 Å². The molecule has 1 aliphatic heterocycles. The number of amides is 1. The van der Waals surface area contributed by atoms with Crippen LogP contribution in [0.15, 0.2) is 24.3 Å². The van der Waals surface area contributed by atoms with Gasteiger partial charge in [0.25, 0.3) is 0 Å². The van der Waals surface area contributed by atoms with Crippen LogP contribution in [0.1, 0.15) is 24.8 Å². The van der Waals surface area contributed by atoms with Gasteiger partial charge < -0.3 is 14.7 Å². The fourth-order valence-corrected chi connectivity index (χ4v) is 2.51. The number of hydrogen-bond acceptors (Lipinski definition) is 3. The predicted molar refractivity (Wildman–Crippen MR) is 73.7 cm³/mol. The lowest BCUT2D eigenvalue weighted by molar-refractivity contribution is -0.148. The van der Waals surface area contributed by atoms with Crippen LogP contribution in [0.4, 0.5) is 0 Å². The molecule has 20 heavy (non-hydrogen) atoms. The highest BCUT2D eigenvalue weighted by Crippen LogP contribution is 2.19. The minimum absolute atomic E-state index is 0.0780. The topological polar surface area (TPSA) is 66.8 Å². The van der Waals surface area contributed by atoms with E-state index in [4.69, 9.17) is 9.84 Å². The molecule has 1 N–H and O–H groups in total. The number of nitrogens with zero attached hydrogens (tertiary/aromatic N) is 1. The Kier molecular flexibility index (Phi) is 4.61. The Balaban J connectivity index is 1.89. The molecule has 1 atom stereocenters. The van der Waals surface area contributed by atoms with Crippen molar-refractivity contribution < 1.29 is 19.4 Å². The molecule has 5 heteroatoms. The van der Waals surface area contributed by atoms with Crippen molar-refractivity contribution in [3.05, 3.63) is 29.8 Å². The number of hydrogen-bond donors (Lipinski definition) is 1. The Hall–Kier alpha value is -2.04. The smallest absolute Gasteiger partial charge is 0.326 e. The molecule has 0 saturated carbocycles. The number of carboxylic acids is 1. The van der Waals surface area contributed by atoms with Gasteiger partial charge in [-0.2, -0.15) is 0 Å². The van der Waals surface area contributed by atoms with Crippen molar-refractivity contribution >= 4 is 11.9 Å². The standard InChI is InChI=1S/C15H19NO4/c1-20-12-7-4-11(5-8-12)6-9-14(17)16-10-2-3-13(16)15(18)19/h4-5,7-8,13H,2-3,6,9-10H2,1H3,(H,18,19)/t13-/m0/s1. The maximum absolute atomic E-state index is 12.1. The highest BCUT2D eigenvalue weighted by Gasteiger charge is 2.33. The van der Waals surface area contributed by atoms with Crippen molar-refractivity contribution in [3.63, 3.8) is 0 Å². The molecule has 0 unspecified atom stereocenters. The van der Waals surface area contributed by atoms with Gasteiger partial charge in [-0.1, -0.05) is 12.1 Å². The van der Waals surface area contributed by atoms with Crippen LogP contribution in [0.5, 0.6) is 5.75 Å². The van der Waals surface area contributed by atoms with Gasteiger partial charge in [-0.05, 0) is 37.0 Å². The third-order valence-electron chi connectivity index (χ3n) is 3.64. The first kappa shape index (κ1) is 14.4. The summed E-state index contributed by atoms with van der Waals surface area (Å²) in [6, 6.07) is 6.92. The first-order chi connectivity index (χ1) is 9.61. The number of rotatable bonds is 5. The summed E-state index contributed by atoms with van der Waals surface area (Å²) in [6.07, 6.45) is 2.29. The maximum atomic E-state index is 12.1. The number of carbonyl (C=O) groups is 2. The van der Waals surface area contributed by atoms with E-state index in [0.29, 0.717) is 25.8 Å². The molecule has 5 nitrogen and oxygen atoms in total. The highest BCUT2D eigenvalue weighted by molar-refractivity contribution is 5.84. The summed E-state index contributed by atoms with van der Waals surface area (Å²) in [5.74, 6) is -0.198. The molecule has 1 heterocycles. The SMILES string of the molecule is COc1ccc(CCC(=O)N2CCC[C@H]2C(=O)O)cc1. The zero-order valence-electron chi connectivity index (χ0n) is 11.5. The van der Waals surface area contributed by atoms with Gasteiger partial charge in [0.05, 0.1) is 7.11 Å². The van der Waals surface area contributed by atoms with E-state index >= 15 is 0 Å². The van der Waals surface area contributed by atoms with Gasteiger partial charge in [-0.15, -0.1) is 0 Å². The van der Waals surface area contributed by atoms with Gasteiger partial charge in [0, 0.05) is 13.0 Å². The van der Waals surface area contributed by atoms with Crippen LogP contribution >= 0.6 is 0 Å². The summed E-state index contributed by atoms with van der Waals surface area (Å²) < 4.78 is 5.08. The lowest BCUT2D eigenvalue weighted by Crippen LogP contribution is -2.40. The summed E-state index contributed by atoms with van der Waals surface area (Å²) in [6.45, 7) is 0.554. The summed E-state index contributed by atoms with van der Waals surface area (Å²) in [7, 11) is 1.61. The third kappa shape index (κ3) is 3.29. The number of carbonyl (C=O) groups excluding carboxylic acids is 1. The monoisotopic (exact) mass is 277 g/mol. The molecular formula is C15H19NO4. The van der Waals surface area contributed by atoms with E-state index in [9.17, 15) is 9.59 Å². The van der Waals surface area contributed by atoms with Crippen molar-refractivity contribution in [1.29, 1.82) is 0 Å². The first-order valence-electron chi connectivity index (χ1n) is 6.77. The Morgan fingerprint density at radius 2 is 2.05 bits per heavy atom. The van der Waals surface area contributed by atoms with Gasteiger partial charge in [-0.25, -0.2) is 4.79 Å². The Morgan fingerprint density at radius 3 is 2.65 bits per heavy atom. The van der Waals surface area contributed by atoms with E-state index in [2.05, 4.69) is 0 Å². The zero-order chi connectivity index (χ0) is 14.5. The van der Waals surface area contributed by atoms with E-state index in [-0.39, 0.29) is 5.91 Å². The van der Waals surface area contributed by atoms with Crippen LogP contribution in [0.25, 0.3) is 0 Å². The van der Waals surface area contributed by atoms with Crippen LogP contribution in [-0.4, -0.2) is 41.6 Å². The number of aryl methyl sites for hydroxylation is 1. The number of carboxylic acid groups (broad SMARTS) is 1. The van der Waals surface area contributed by atoms with Gasteiger partial charge in [0.15, 0.2) is 0 Å². The summed E-state index contributed by atoms with van der Waals surface area (Å²) in [5, 5.41) is 9.07. The van der Waals surface area contributed by atoms with Crippen LogP contribution in [0, 0.1) is 0 Å². The average molecular weight is 277 g/mol. The van der Waals surface area contributed by atoms with E-state index < -0.39 is 12.0 Å². The normalized spacial score (nSPS) is 18.1. The number of aliphatic carboxylic acids is 1. The van der Waals surface area contributed by atoms with Gasteiger partial charge >= 0.3 is 5.97 Å². The maximum Gasteiger partial charge on any atom is 0.326 e. The highest BCUT2D eigenvalue weighted by atomic mass is 16.5. The Labute approximate surface area is 118 Å². The molecule has 0 aromatic heterocycles. The molecule has 1 saturated heterocycles. The largest absolute Gasteiger partial charge is 0.497 e. The van der Waals surface area contributed by atoms with Crippen molar-refractivity contribution in [3.8, 4) is 5.75 Å². The molecule has 108 valence electrons. The quantitative estimate of drug-likeness (QED) is 0.889. The minimum atomic E-state index is -0.903. The van der Waals surface area contributed by atoms with Crippen molar-refractivity contribution in [2.45, 2.75) is 31.7 Å². The minimum Gasteiger partial charge on any atom is -0.497 e. The summed E-state index contributed by atoms with van der Waals surface area (Å²) in [5.41, 5.74) is 1.05. The molecule has 0 spiro atoms. The molecule has 0 aliphatic carbocycles. The first-order valence-corrected chi connectivity index (χ1v) is 6.77.